The molecule has 2 fully saturated rings. The highest BCUT2D eigenvalue weighted by molar-refractivity contribution is 5.94. The second kappa shape index (κ2) is 5.89. The van der Waals surface area contributed by atoms with Crippen LogP contribution in [0.25, 0.3) is 0 Å². The molecular formula is C19H20FN3O. The van der Waals surface area contributed by atoms with Crippen LogP contribution in [0.2, 0.25) is 0 Å². The highest BCUT2D eigenvalue weighted by Gasteiger charge is 2.43. The zero-order valence-electron chi connectivity index (χ0n) is 13.7. The molecule has 1 aromatic carbocycles. The maximum absolute atomic E-state index is 13.8. The van der Waals surface area contributed by atoms with Gasteiger partial charge in [0.15, 0.2) is 0 Å². The summed E-state index contributed by atoms with van der Waals surface area (Å²) in [5.74, 6) is 1.04. The minimum atomic E-state index is -0.321. The van der Waals surface area contributed by atoms with Crippen LogP contribution in [0.15, 0.2) is 42.6 Å². The lowest BCUT2D eigenvalue weighted by molar-refractivity contribution is 0.0738. The summed E-state index contributed by atoms with van der Waals surface area (Å²) in [7, 11) is 0. The predicted octanol–water partition coefficient (Wildman–Crippen LogP) is 2.88. The number of amides is 1. The Morgan fingerprint density at radius 3 is 2.88 bits per heavy atom. The number of nitrogens with zero attached hydrogens (tertiary/aromatic N) is 3. The van der Waals surface area contributed by atoms with E-state index in [1.165, 1.54) is 6.07 Å². The number of aryl methyl sites for hydroxylation is 1. The Labute approximate surface area is 140 Å². The van der Waals surface area contributed by atoms with Crippen molar-refractivity contribution in [3.05, 3.63) is 59.5 Å². The minimum absolute atomic E-state index is 0.0655. The van der Waals surface area contributed by atoms with Gasteiger partial charge in [0.25, 0.3) is 5.91 Å². The second-order valence-corrected chi connectivity index (χ2v) is 6.67. The van der Waals surface area contributed by atoms with Crippen molar-refractivity contribution >= 4 is 11.7 Å². The number of aromatic nitrogens is 1. The molecule has 2 aliphatic heterocycles. The van der Waals surface area contributed by atoms with Gasteiger partial charge in [0.2, 0.25) is 0 Å². The van der Waals surface area contributed by atoms with Crippen molar-refractivity contribution < 1.29 is 9.18 Å². The summed E-state index contributed by atoms with van der Waals surface area (Å²) in [6.45, 7) is 4.17. The summed E-state index contributed by atoms with van der Waals surface area (Å²) < 4.78 is 13.8. The average Bonchev–Trinajstić information content (AvgIpc) is 3.18. The largest absolute Gasteiger partial charge is 0.354 e. The lowest BCUT2D eigenvalue weighted by Crippen LogP contribution is -2.39. The lowest BCUT2D eigenvalue weighted by Gasteiger charge is -2.25. The van der Waals surface area contributed by atoms with Gasteiger partial charge in [0, 0.05) is 37.3 Å². The molecule has 2 aromatic rings. The molecule has 2 atom stereocenters. The number of pyridine rings is 1. The van der Waals surface area contributed by atoms with Gasteiger partial charge in [0.1, 0.15) is 11.6 Å². The van der Waals surface area contributed by atoms with Crippen molar-refractivity contribution in [2.75, 3.05) is 24.5 Å². The zero-order valence-corrected chi connectivity index (χ0v) is 13.7. The SMILES string of the molecule is Cc1ccc(C(=O)N2CCC3CN(c4ccccn4)CC32)cc1F. The van der Waals surface area contributed by atoms with E-state index in [0.717, 1.165) is 31.9 Å². The van der Waals surface area contributed by atoms with Gasteiger partial charge in [-0.1, -0.05) is 12.1 Å². The molecule has 0 bridgehead atoms. The van der Waals surface area contributed by atoms with Gasteiger partial charge in [-0.05, 0) is 43.2 Å². The fraction of sp³-hybridized carbons (Fsp3) is 0.368. The molecule has 124 valence electrons. The number of hydrogen-bond acceptors (Lipinski definition) is 3. The third kappa shape index (κ3) is 2.54. The summed E-state index contributed by atoms with van der Waals surface area (Å²) in [5, 5.41) is 0. The first kappa shape index (κ1) is 15.1. The smallest absolute Gasteiger partial charge is 0.254 e. The number of likely N-dealkylation sites (tertiary alicyclic amines) is 1. The van der Waals surface area contributed by atoms with Crippen molar-refractivity contribution in [2.45, 2.75) is 19.4 Å². The van der Waals surface area contributed by atoms with Crippen LogP contribution in [-0.4, -0.2) is 41.5 Å². The number of rotatable bonds is 2. The third-order valence-corrected chi connectivity index (χ3v) is 5.20. The van der Waals surface area contributed by atoms with E-state index in [1.54, 1.807) is 25.3 Å². The number of halogens is 1. The zero-order chi connectivity index (χ0) is 16.7. The van der Waals surface area contributed by atoms with Gasteiger partial charge in [-0.25, -0.2) is 9.37 Å². The van der Waals surface area contributed by atoms with Gasteiger partial charge in [-0.15, -0.1) is 0 Å². The number of anilines is 1. The van der Waals surface area contributed by atoms with Gasteiger partial charge in [-0.3, -0.25) is 4.79 Å². The molecule has 2 saturated heterocycles. The number of fused-ring (bicyclic) bond motifs is 1. The molecule has 4 nitrogen and oxygen atoms in total. The van der Waals surface area contributed by atoms with Crippen LogP contribution < -0.4 is 4.90 Å². The van der Waals surface area contributed by atoms with Crippen molar-refractivity contribution in [3.63, 3.8) is 0 Å². The standard InChI is InChI=1S/C19H20FN3O/c1-13-5-6-14(10-16(13)20)19(24)23-9-7-15-11-22(12-17(15)23)18-4-2-3-8-21-18/h2-6,8,10,15,17H,7,9,11-12H2,1H3. The first-order valence-electron chi connectivity index (χ1n) is 8.36. The number of hydrogen-bond donors (Lipinski definition) is 0. The predicted molar refractivity (Wildman–Crippen MR) is 90.5 cm³/mol. The molecule has 5 heteroatoms. The average molecular weight is 325 g/mol. The maximum atomic E-state index is 13.8. The molecule has 3 heterocycles. The second-order valence-electron chi connectivity index (χ2n) is 6.67. The van der Waals surface area contributed by atoms with Crippen molar-refractivity contribution in [1.29, 1.82) is 0 Å². The lowest BCUT2D eigenvalue weighted by atomic mass is 10.0. The summed E-state index contributed by atoms with van der Waals surface area (Å²) in [4.78, 5) is 21.4. The van der Waals surface area contributed by atoms with E-state index in [-0.39, 0.29) is 17.8 Å². The van der Waals surface area contributed by atoms with E-state index < -0.39 is 0 Å². The maximum Gasteiger partial charge on any atom is 0.254 e. The Balaban J connectivity index is 1.53. The first-order valence-corrected chi connectivity index (χ1v) is 8.36. The fourth-order valence-corrected chi connectivity index (χ4v) is 3.83. The quantitative estimate of drug-likeness (QED) is 0.852. The van der Waals surface area contributed by atoms with Crippen molar-refractivity contribution in [3.8, 4) is 0 Å². The van der Waals surface area contributed by atoms with E-state index in [4.69, 9.17) is 0 Å². The summed E-state index contributed by atoms with van der Waals surface area (Å²) >= 11 is 0. The summed E-state index contributed by atoms with van der Waals surface area (Å²) in [6, 6.07) is 10.8. The molecular weight excluding hydrogens is 305 g/mol. The molecule has 1 aromatic heterocycles. The normalized spacial score (nSPS) is 22.8. The van der Waals surface area contributed by atoms with Crippen LogP contribution in [0, 0.1) is 18.7 Å². The molecule has 0 N–H and O–H groups in total. The van der Waals surface area contributed by atoms with Gasteiger partial charge < -0.3 is 9.80 Å². The van der Waals surface area contributed by atoms with Gasteiger partial charge in [-0.2, -0.15) is 0 Å². The van der Waals surface area contributed by atoms with Crippen LogP contribution >= 0.6 is 0 Å². The Morgan fingerprint density at radius 2 is 2.12 bits per heavy atom. The highest BCUT2D eigenvalue weighted by atomic mass is 19.1. The van der Waals surface area contributed by atoms with E-state index in [0.29, 0.717) is 17.0 Å². The number of carbonyl (C=O) groups excluding carboxylic acids is 1. The molecule has 1 amide bonds. The number of benzene rings is 1. The highest BCUT2D eigenvalue weighted by Crippen LogP contribution is 2.34. The minimum Gasteiger partial charge on any atom is -0.354 e. The van der Waals surface area contributed by atoms with Crippen molar-refractivity contribution in [2.24, 2.45) is 5.92 Å². The molecule has 24 heavy (non-hydrogen) atoms. The van der Waals surface area contributed by atoms with Crippen LogP contribution in [0.3, 0.4) is 0 Å². The molecule has 2 aliphatic rings. The summed E-state index contributed by atoms with van der Waals surface area (Å²) in [6.07, 6.45) is 2.79. The topological polar surface area (TPSA) is 36.4 Å². The van der Waals surface area contributed by atoms with E-state index in [9.17, 15) is 9.18 Å². The Kier molecular flexibility index (Phi) is 3.71. The van der Waals surface area contributed by atoms with Crippen LogP contribution in [-0.2, 0) is 0 Å². The van der Waals surface area contributed by atoms with Crippen molar-refractivity contribution in [1.82, 2.24) is 9.88 Å². The van der Waals surface area contributed by atoms with E-state index in [1.807, 2.05) is 23.1 Å². The van der Waals surface area contributed by atoms with Crippen LogP contribution in [0.5, 0.6) is 0 Å². The molecule has 0 spiro atoms. The Morgan fingerprint density at radius 1 is 1.25 bits per heavy atom. The van der Waals surface area contributed by atoms with Crippen LogP contribution in [0.1, 0.15) is 22.3 Å². The Hall–Kier alpha value is -2.43. The Bertz CT molecular complexity index is 764. The van der Waals surface area contributed by atoms with E-state index in [2.05, 4.69) is 9.88 Å². The van der Waals surface area contributed by atoms with Gasteiger partial charge in [0.05, 0.1) is 6.04 Å². The molecule has 0 saturated carbocycles. The van der Waals surface area contributed by atoms with Gasteiger partial charge >= 0.3 is 0 Å². The molecule has 2 unspecified atom stereocenters. The van der Waals surface area contributed by atoms with E-state index >= 15 is 0 Å². The monoisotopic (exact) mass is 325 g/mol. The molecule has 0 radical (unpaired) electrons. The first-order chi connectivity index (χ1) is 11.6. The molecule has 0 aliphatic carbocycles. The third-order valence-electron chi connectivity index (χ3n) is 5.20. The van der Waals surface area contributed by atoms with Crippen LogP contribution in [0.4, 0.5) is 10.2 Å². The fourth-order valence-electron chi connectivity index (χ4n) is 3.83. The summed E-state index contributed by atoms with van der Waals surface area (Å²) in [5.41, 5.74) is 1.00. The number of carbonyl (C=O) groups is 1. The molecule has 4 rings (SSSR count).